The predicted octanol–water partition coefficient (Wildman–Crippen LogP) is 1.30. The Morgan fingerprint density at radius 3 is 2.38 bits per heavy atom. The second-order valence-electron chi connectivity index (χ2n) is 4.83. The Kier molecular flexibility index (Phi) is 2.13. The number of ether oxygens (including phenoxy) is 2. The Labute approximate surface area is 79.0 Å². The van der Waals surface area contributed by atoms with Crippen molar-refractivity contribution < 1.29 is 14.6 Å². The number of hydrogen-bond acceptors (Lipinski definition) is 3. The smallest absolute Gasteiger partial charge is 0.169 e. The van der Waals surface area contributed by atoms with Gasteiger partial charge in [-0.1, -0.05) is 13.8 Å². The van der Waals surface area contributed by atoms with E-state index in [2.05, 4.69) is 13.8 Å². The minimum absolute atomic E-state index is 0.0808. The third kappa shape index (κ3) is 1.60. The van der Waals surface area contributed by atoms with Gasteiger partial charge in [0.05, 0.1) is 19.3 Å². The van der Waals surface area contributed by atoms with Gasteiger partial charge in [-0.15, -0.1) is 0 Å². The summed E-state index contributed by atoms with van der Waals surface area (Å²) in [7, 11) is 0. The molecular weight excluding hydrogens is 168 g/mol. The van der Waals surface area contributed by atoms with E-state index < -0.39 is 0 Å². The molecule has 2 aliphatic rings. The van der Waals surface area contributed by atoms with Crippen molar-refractivity contribution in [2.45, 2.75) is 45.0 Å². The van der Waals surface area contributed by atoms with Crippen LogP contribution in [0, 0.1) is 5.41 Å². The Morgan fingerprint density at radius 1 is 1.23 bits per heavy atom. The second kappa shape index (κ2) is 2.94. The first-order valence-electron chi connectivity index (χ1n) is 5.00. The zero-order valence-corrected chi connectivity index (χ0v) is 8.38. The maximum Gasteiger partial charge on any atom is 0.169 e. The lowest BCUT2D eigenvalue weighted by molar-refractivity contribution is -0.217. The number of aliphatic hydroxyl groups excluding tert-OH is 1. The van der Waals surface area contributed by atoms with Gasteiger partial charge in [0.25, 0.3) is 0 Å². The molecule has 1 aliphatic heterocycles. The molecule has 1 saturated carbocycles. The zero-order valence-electron chi connectivity index (χ0n) is 8.38. The van der Waals surface area contributed by atoms with E-state index >= 15 is 0 Å². The van der Waals surface area contributed by atoms with Crippen LogP contribution in [0.25, 0.3) is 0 Å². The van der Waals surface area contributed by atoms with Crippen molar-refractivity contribution in [2.24, 2.45) is 5.41 Å². The third-order valence-corrected chi connectivity index (χ3v) is 3.24. The first-order chi connectivity index (χ1) is 6.04. The number of rotatable bonds is 0. The third-order valence-electron chi connectivity index (χ3n) is 3.24. The highest BCUT2D eigenvalue weighted by Gasteiger charge is 2.48. The molecule has 0 aromatic heterocycles. The van der Waals surface area contributed by atoms with Gasteiger partial charge in [0.2, 0.25) is 0 Å². The molecule has 1 saturated heterocycles. The molecule has 1 N–H and O–H groups in total. The van der Waals surface area contributed by atoms with Crippen LogP contribution in [0.4, 0.5) is 0 Å². The Bertz CT molecular complexity index is 194. The summed E-state index contributed by atoms with van der Waals surface area (Å²) in [5.74, 6) is -0.372. The Hall–Kier alpha value is -0.120. The van der Waals surface area contributed by atoms with Crippen LogP contribution < -0.4 is 0 Å². The van der Waals surface area contributed by atoms with Gasteiger partial charge in [-0.3, -0.25) is 0 Å². The van der Waals surface area contributed by atoms with Gasteiger partial charge in [-0.05, 0) is 11.8 Å². The van der Waals surface area contributed by atoms with Gasteiger partial charge in [0, 0.05) is 12.8 Å². The molecule has 76 valence electrons. The average molecular weight is 186 g/mol. The normalized spacial score (nSPS) is 36.7. The Balaban J connectivity index is 2.10. The van der Waals surface area contributed by atoms with E-state index in [4.69, 9.17) is 9.47 Å². The van der Waals surface area contributed by atoms with Gasteiger partial charge in [-0.2, -0.15) is 0 Å². The molecule has 13 heavy (non-hydrogen) atoms. The summed E-state index contributed by atoms with van der Waals surface area (Å²) in [6, 6.07) is 0. The fraction of sp³-hybridized carbons (Fsp3) is 1.00. The lowest BCUT2D eigenvalue weighted by Gasteiger charge is -2.44. The molecule has 1 aliphatic carbocycles. The fourth-order valence-corrected chi connectivity index (χ4v) is 2.39. The van der Waals surface area contributed by atoms with E-state index in [-0.39, 0.29) is 17.3 Å². The first-order valence-corrected chi connectivity index (χ1v) is 5.00. The van der Waals surface area contributed by atoms with Crippen LogP contribution in [-0.4, -0.2) is 30.2 Å². The van der Waals surface area contributed by atoms with Gasteiger partial charge in [0.1, 0.15) is 0 Å². The summed E-state index contributed by atoms with van der Waals surface area (Å²) in [5, 5.41) is 9.77. The van der Waals surface area contributed by atoms with Crippen molar-refractivity contribution in [3.8, 4) is 0 Å². The molecule has 1 spiro atoms. The van der Waals surface area contributed by atoms with Crippen molar-refractivity contribution in [1.82, 2.24) is 0 Å². The summed E-state index contributed by atoms with van der Waals surface area (Å²) < 4.78 is 11.3. The van der Waals surface area contributed by atoms with Crippen molar-refractivity contribution in [3.63, 3.8) is 0 Å². The lowest BCUT2D eigenvalue weighted by atomic mass is 9.72. The molecule has 0 aromatic carbocycles. The van der Waals surface area contributed by atoms with Crippen LogP contribution in [0.1, 0.15) is 33.1 Å². The van der Waals surface area contributed by atoms with Crippen molar-refractivity contribution in [2.75, 3.05) is 13.2 Å². The summed E-state index contributed by atoms with van der Waals surface area (Å²) in [6.45, 7) is 5.55. The first kappa shape index (κ1) is 9.44. The SMILES string of the molecule is CC1(C)CC2(CCC1O)OCCO2. The molecule has 0 bridgehead atoms. The van der Waals surface area contributed by atoms with Crippen LogP contribution in [-0.2, 0) is 9.47 Å². The highest BCUT2D eigenvalue weighted by atomic mass is 16.7. The minimum atomic E-state index is -0.372. The highest BCUT2D eigenvalue weighted by molar-refractivity contribution is 4.92. The standard InChI is InChI=1S/C10H18O3/c1-9(2)7-10(4-3-8(9)11)12-5-6-13-10/h8,11H,3-7H2,1-2H3. The van der Waals surface area contributed by atoms with Crippen molar-refractivity contribution in [3.05, 3.63) is 0 Å². The Morgan fingerprint density at radius 2 is 1.85 bits per heavy atom. The molecule has 0 aromatic rings. The minimum Gasteiger partial charge on any atom is -0.393 e. The van der Waals surface area contributed by atoms with E-state index in [0.717, 1.165) is 19.3 Å². The van der Waals surface area contributed by atoms with Crippen molar-refractivity contribution >= 4 is 0 Å². The second-order valence-corrected chi connectivity index (χ2v) is 4.83. The summed E-state index contributed by atoms with van der Waals surface area (Å²) >= 11 is 0. The van der Waals surface area contributed by atoms with Crippen LogP contribution >= 0.6 is 0 Å². The lowest BCUT2D eigenvalue weighted by Crippen LogP contribution is -2.46. The number of hydrogen-bond donors (Lipinski definition) is 1. The van der Waals surface area contributed by atoms with E-state index in [1.807, 2.05) is 0 Å². The van der Waals surface area contributed by atoms with Gasteiger partial charge >= 0.3 is 0 Å². The van der Waals surface area contributed by atoms with E-state index in [1.165, 1.54) is 0 Å². The zero-order chi connectivity index (χ0) is 9.53. The molecule has 3 nitrogen and oxygen atoms in total. The van der Waals surface area contributed by atoms with Crippen LogP contribution in [0.5, 0.6) is 0 Å². The molecular formula is C10H18O3. The van der Waals surface area contributed by atoms with Crippen LogP contribution in [0.15, 0.2) is 0 Å². The van der Waals surface area contributed by atoms with Gasteiger partial charge < -0.3 is 14.6 Å². The van der Waals surface area contributed by atoms with Gasteiger partial charge in [-0.25, -0.2) is 0 Å². The maximum absolute atomic E-state index is 9.77. The van der Waals surface area contributed by atoms with Crippen molar-refractivity contribution in [1.29, 1.82) is 0 Å². The van der Waals surface area contributed by atoms with Crippen LogP contribution in [0.3, 0.4) is 0 Å². The topological polar surface area (TPSA) is 38.7 Å². The molecule has 2 rings (SSSR count). The molecule has 1 unspecified atom stereocenters. The molecule has 3 heteroatoms. The van der Waals surface area contributed by atoms with E-state index in [1.54, 1.807) is 0 Å². The fourth-order valence-electron chi connectivity index (χ4n) is 2.39. The highest BCUT2D eigenvalue weighted by Crippen LogP contribution is 2.45. The summed E-state index contributed by atoms with van der Waals surface area (Å²) in [5.41, 5.74) is -0.0808. The summed E-state index contributed by atoms with van der Waals surface area (Å²) in [6.07, 6.45) is 2.21. The molecule has 1 atom stereocenters. The summed E-state index contributed by atoms with van der Waals surface area (Å²) in [4.78, 5) is 0. The average Bonchev–Trinajstić information content (AvgIpc) is 2.46. The van der Waals surface area contributed by atoms with E-state index in [0.29, 0.717) is 13.2 Å². The predicted molar refractivity (Wildman–Crippen MR) is 48.3 cm³/mol. The molecule has 0 radical (unpaired) electrons. The van der Waals surface area contributed by atoms with Crippen LogP contribution in [0.2, 0.25) is 0 Å². The number of aliphatic hydroxyl groups is 1. The monoisotopic (exact) mass is 186 g/mol. The molecule has 2 fully saturated rings. The van der Waals surface area contributed by atoms with E-state index in [9.17, 15) is 5.11 Å². The van der Waals surface area contributed by atoms with Gasteiger partial charge in [0.15, 0.2) is 5.79 Å². The quantitative estimate of drug-likeness (QED) is 0.619. The maximum atomic E-state index is 9.77. The molecule has 1 heterocycles. The largest absolute Gasteiger partial charge is 0.393 e. The molecule has 0 amide bonds.